The summed E-state index contributed by atoms with van der Waals surface area (Å²) >= 11 is 0. The summed E-state index contributed by atoms with van der Waals surface area (Å²) in [6.45, 7) is 1.33. The minimum atomic E-state index is -3.64. The highest BCUT2D eigenvalue weighted by Gasteiger charge is 2.45. The Morgan fingerprint density at radius 2 is 1.61 bits per heavy atom. The van der Waals surface area contributed by atoms with E-state index in [1.165, 1.54) is 47.7 Å². The number of methoxy groups -OCH3 is 2. The molecule has 1 unspecified atom stereocenters. The van der Waals surface area contributed by atoms with Crippen molar-refractivity contribution in [3.8, 4) is 5.75 Å². The van der Waals surface area contributed by atoms with Crippen LogP contribution in [0.1, 0.15) is 36.4 Å². The second-order valence-corrected chi connectivity index (χ2v) is 10.7. The molecular formula is C26H30N2O7S. The number of hydrogen-bond acceptors (Lipinski definition) is 7. The number of sulfonamides is 1. The summed E-state index contributed by atoms with van der Waals surface area (Å²) in [6.07, 6.45) is 2.66. The lowest BCUT2D eigenvalue weighted by Crippen LogP contribution is -2.35. The highest BCUT2D eigenvalue weighted by molar-refractivity contribution is 7.89. The number of piperidine rings is 1. The second kappa shape index (κ2) is 10.8. The Kier molecular flexibility index (Phi) is 7.77. The third-order valence-electron chi connectivity index (χ3n) is 6.59. The quantitative estimate of drug-likeness (QED) is 0.327. The molecule has 1 amide bonds. The smallest absolute Gasteiger partial charge is 0.295 e. The molecule has 192 valence electrons. The van der Waals surface area contributed by atoms with Crippen molar-refractivity contribution in [2.75, 3.05) is 40.5 Å². The van der Waals surface area contributed by atoms with E-state index in [-0.39, 0.29) is 34.9 Å². The van der Waals surface area contributed by atoms with E-state index < -0.39 is 27.8 Å². The summed E-state index contributed by atoms with van der Waals surface area (Å²) in [6, 6.07) is 11.8. The Morgan fingerprint density at radius 3 is 2.19 bits per heavy atom. The highest BCUT2D eigenvalue weighted by atomic mass is 32.2. The molecule has 2 aromatic rings. The molecule has 2 fully saturated rings. The third-order valence-corrected chi connectivity index (χ3v) is 8.50. The third kappa shape index (κ3) is 4.88. The lowest BCUT2D eigenvalue weighted by atomic mass is 9.95. The van der Waals surface area contributed by atoms with Crippen molar-refractivity contribution in [2.24, 2.45) is 0 Å². The van der Waals surface area contributed by atoms with Crippen molar-refractivity contribution in [3.05, 3.63) is 65.2 Å². The van der Waals surface area contributed by atoms with Crippen LogP contribution in [0.5, 0.6) is 5.75 Å². The van der Waals surface area contributed by atoms with E-state index in [4.69, 9.17) is 9.47 Å². The summed E-state index contributed by atoms with van der Waals surface area (Å²) in [5.41, 5.74) is 0.806. The standard InChI is InChI=1S/C26H30N2O7S/c1-34-17-16-28-23(18-6-10-20(35-2)11-7-18)22(25(30)26(28)31)24(29)19-8-12-21(13-9-19)36(32,33)27-14-4-3-5-15-27/h6-13,23,29H,3-5,14-17H2,1-2H3/b24-22-. The Balaban J connectivity index is 1.73. The fourth-order valence-corrected chi connectivity index (χ4v) is 6.14. The summed E-state index contributed by atoms with van der Waals surface area (Å²) in [5, 5.41) is 11.2. The van der Waals surface area contributed by atoms with E-state index in [2.05, 4.69) is 0 Å². The number of carbonyl (C=O) groups is 2. The Hall–Kier alpha value is -3.21. The van der Waals surface area contributed by atoms with Crippen molar-refractivity contribution in [1.29, 1.82) is 0 Å². The first-order chi connectivity index (χ1) is 17.3. The molecule has 1 atom stereocenters. The van der Waals surface area contributed by atoms with Crippen LogP contribution in [0.4, 0.5) is 0 Å². The summed E-state index contributed by atoms with van der Waals surface area (Å²) in [5.74, 6) is -1.30. The van der Waals surface area contributed by atoms with Crippen LogP contribution >= 0.6 is 0 Å². The number of benzene rings is 2. The van der Waals surface area contributed by atoms with Gasteiger partial charge < -0.3 is 19.5 Å². The number of aliphatic hydroxyl groups is 1. The van der Waals surface area contributed by atoms with Crippen LogP contribution in [0.2, 0.25) is 0 Å². The number of Topliss-reactive ketones (excluding diaryl/α,β-unsaturated/α-hetero) is 1. The van der Waals surface area contributed by atoms with Crippen molar-refractivity contribution >= 4 is 27.5 Å². The first kappa shape index (κ1) is 25.9. The number of amides is 1. The predicted molar refractivity (Wildman–Crippen MR) is 133 cm³/mol. The van der Waals surface area contributed by atoms with Crippen molar-refractivity contribution in [2.45, 2.75) is 30.2 Å². The molecule has 2 aliphatic rings. The minimum absolute atomic E-state index is 0.0621. The normalized spacial score (nSPS) is 20.6. The van der Waals surface area contributed by atoms with Gasteiger partial charge in [0, 0.05) is 32.3 Å². The molecule has 2 saturated heterocycles. The average molecular weight is 515 g/mol. The number of aliphatic hydroxyl groups excluding tert-OH is 1. The zero-order valence-corrected chi connectivity index (χ0v) is 21.2. The van der Waals surface area contributed by atoms with Gasteiger partial charge in [-0.15, -0.1) is 0 Å². The van der Waals surface area contributed by atoms with Crippen molar-refractivity contribution < 1.29 is 32.6 Å². The predicted octanol–water partition coefficient (Wildman–Crippen LogP) is 2.94. The van der Waals surface area contributed by atoms with Crippen LogP contribution in [0, 0.1) is 0 Å². The van der Waals surface area contributed by atoms with Gasteiger partial charge >= 0.3 is 0 Å². The first-order valence-corrected chi connectivity index (χ1v) is 13.3. The number of hydrogen-bond donors (Lipinski definition) is 1. The van der Waals surface area contributed by atoms with Gasteiger partial charge in [-0.25, -0.2) is 8.42 Å². The summed E-state index contributed by atoms with van der Waals surface area (Å²) < 4.78 is 37.8. The van der Waals surface area contributed by atoms with Crippen LogP contribution in [0.15, 0.2) is 59.0 Å². The molecule has 0 bridgehead atoms. The molecule has 1 N–H and O–H groups in total. The van der Waals surface area contributed by atoms with Gasteiger partial charge in [-0.2, -0.15) is 4.31 Å². The SMILES string of the molecule is COCCN1C(=O)C(=O)/C(=C(\O)c2ccc(S(=O)(=O)N3CCCCC3)cc2)C1c1ccc(OC)cc1. The molecular weight excluding hydrogens is 484 g/mol. The van der Waals surface area contributed by atoms with Gasteiger partial charge in [0.15, 0.2) is 0 Å². The van der Waals surface area contributed by atoms with E-state index in [1.807, 2.05) is 0 Å². The fourth-order valence-electron chi connectivity index (χ4n) is 4.63. The maximum absolute atomic E-state index is 13.1. The van der Waals surface area contributed by atoms with Crippen molar-refractivity contribution in [1.82, 2.24) is 9.21 Å². The number of ether oxygens (including phenoxy) is 2. The van der Waals surface area contributed by atoms with Gasteiger partial charge in [-0.1, -0.05) is 18.6 Å². The van der Waals surface area contributed by atoms with E-state index >= 15 is 0 Å². The lowest BCUT2D eigenvalue weighted by Gasteiger charge is -2.26. The topological polar surface area (TPSA) is 113 Å². The number of carbonyl (C=O) groups excluding carboxylic acids is 2. The van der Waals surface area contributed by atoms with Gasteiger partial charge in [0.25, 0.3) is 11.7 Å². The van der Waals surface area contributed by atoms with Crippen LogP contribution in [0.25, 0.3) is 5.76 Å². The summed E-state index contributed by atoms with van der Waals surface area (Å²) in [7, 11) is -0.607. The van der Waals surface area contributed by atoms with Crippen LogP contribution in [-0.2, 0) is 24.3 Å². The number of likely N-dealkylation sites (tertiary alicyclic amines) is 1. The molecule has 0 aliphatic carbocycles. The average Bonchev–Trinajstić information content (AvgIpc) is 3.17. The molecule has 2 heterocycles. The van der Waals surface area contributed by atoms with Crippen LogP contribution in [0.3, 0.4) is 0 Å². The molecule has 2 aliphatic heterocycles. The van der Waals surface area contributed by atoms with Gasteiger partial charge in [-0.3, -0.25) is 9.59 Å². The van der Waals surface area contributed by atoms with Crippen molar-refractivity contribution in [3.63, 3.8) is 0 Å². The molecule has 0 aromatic heterocycles. The minimum Gasteiger partial charge on any atom is -0.507 e. The monoisotopic (exact) mass is 514 g/mol. The van der Waals surface area contributed by atoms with Gasteiger partial charge in [-0.05, 0) is 54.8 Å². The molecule has 10 heteroatoms. The second-order valence-electron chi connectivity index (χ2n) is 8.75. The van der Waals surface area contributed by atoms with Gasteiger partial charge in [0.05, 0.1) is 30.2 Å². The molecule has 2 aromatic carbocycles. The van der Waals surface area contributed by atoms with Gasteiger partial charge in [0.1, 0.15) is 11.5 Å². The van der Waals surface area contributed by atoms with E-state index in [9.17, 15) is 23.1 Å². The largest absolute Gasteiger partial charge is 0.507 e. The molecule has 9 nitrogen and oxygen atoms in total. The lowest BCUT2D eigenvalue weighted by molar-refractivity contribution is -0.140. The number of ketones is 1. The number of rotatable bonds is 8. The van der Waals surface area contributed by atoms with Crippen LogP contribution < -0.4 is 4.74 Å². The maximum Gasteiger partial charge on any atom is 0.295 e. The molecule has 0 saturated carbocycles. The molecule has 0 radical (unpaired) electrons. The van der Waals surface area contributed by atoms with E-state index in [0.717, 1.165) is 19.3 Å². The zero-order valence-electron chi connectivity index (χ0n) is 20.3. The fraction of sp³-hybridized carbons (Fsp3) is 0.385. The Morgan fingerprint density at radius 1 is 0.972 bits per heavy atom. The van der Waals surface area contributed by atoms with E-state index in [1.54, 1.807) is 24.3 Å². The molecule has 0 spiro atoms. The number of nitrogens with zero attached hydrogens (tertiary/aromatic N) is 2. The zero-order chi connectivity index (χ0) is 25.9. The molecule has 4 rings (SSSR count). The highest BCUT2D eigenvalue weighted by Crippen LogP contribution is 2.39. The Labute approximate surface area is 211 Å². The van der Waals surface area contributed by atoms with E-state index in [0.29, 0.717) is 24.4 Å². The van der Waals surface area contributed by atoms with Gasteiger partial charge in [0.2, 0.25) is 10.0 Å². The Bertz CT molecular complexity index is 1250. The summed E-state index contributed by atoms with van der Waals surface area (Å²) in [4.78, 5) is 27.4. The maximum atomic E-state index is 13.1. The first-order valence-electron chi connectivity index (χ1n) is 11.8. The van der Waals surface area contributed by atoms with Crippen LogP contribution in [-0.4, -0.2) is 74.9 Å². The molecule has 36 heavy (non-hydrogen) atoms.